The van der Waals surface area contributed by atoms with E-state index in [4.69, 9.17) is 4.74 Å². The Hall–Kier alpha value is -1.65. The van der Waals surface area contributed by atoms with Crippen molar-refractivity contribution >= 4 is 5.91 Å². The molecule has 1 amide bonds. The lowest BCUT2D eigenvalue weighted by Crippen LogP contribution is -2.52. The van der Waals surface area contributed by atoms with Gasteiger partial charge in [0.1, 0.15) is 0 Å². The molecule has 3 rings (SSSR count). The molecule has 1 fully saturated rings. The lowest BCUT2D eigenvalue weighted by Gasteiger charge is -2.41. The van der Waals surface area contributed by atoms with Crippen LogP contribution in [0.4, 0.5) is 13.2 Å². The Kier molecular flexibility index (Phi) is 4.54. The molecule has 1 aromatic rings. The zero-order chi connectivity index (χ0) is 17.5. The summed E-state index contributed by atoms with van der Waals surface area (Å²) in [4.78, 5) is 14.2. The molecule has 3 heterocycles. The predicted molar refractivity (Wildman–Crippen MR) is 78.7 cm³/mol. The predicted octanol–water partition coefficient (Wildman–Crippen LogP) is 0.857. The molecule has 2 unspecified atom stereocenters. The van der Waals surface area contributed by atoms with E-state index in [9.17, 15) is 18.0 Å². The van der Waals surface area contributed by atoms with Crippen molar-refractivity contribution < 1.29 is 22.7 Å². The highest BCUT2D eigenvalue weighted by Gasteiger charge is 2.45. The van der Waals surface area contributed by atoms with Crippen LogP contribution in [0.1, 0.15) is 36.8 Å². The van der Waals surface area contributed by atoms with Crippen LogP contribution in [0.25, 0.3) is 0 Å². The number of aromatic nitrogens is 2. The highest BCUT2D eigenvalue weighted by atomic mass is 19.4. The van der Waals surface area contributed by atoms with Crippen LogP contribution < -0.4 is 10.7 Å². The van der Waals surface area contributed by atoms with Gasteiger partial charge in [0.2, 0.25) is 5.91 Å². The number of ether oxygens (including phenoxy) is 1. The first-order chi connectivity index (χ1) is 11.3. The second-order valence-corrected chi connectivity index (χ2v) is 6.11. The average Bonchev–Trinajstić information content (AvgIpc) is 2.86. The van der Waals surface area contributed by atoms with Crippen molar-refractivity contribution in [1.82, 2.24) is 20.1 Å². The monoisotopic (exact) mass is 347 g/mol. The Morgan fingerprint density at radius 1 is 1.46 bits per heavy atom. The van der Waals surface area contributed by atoms with Crippen LogP contribution in [0.15, 0.2) is 0 Å². The lowest BCUT2D eigenvalue weighted by molar-refractivity contribution is -0.143. The third kappa shape index (κ3) is 3.13. The van der Waals surface area contributed by atoms with Crippen LogP contribution in [0.3, 0.4) is 0 Å². The van der Waals surface area contributed by atoms with Gasteiger partial charge in [-0.05, 0) is 6.92 Å². The van der Waals surface area contributed by atoms with Crippen LogP contribution in [-0.4, -0.2) is 53.0 Å². The van der Waals surface area contributed by atoms with Crippen LogP contribution >= 0.6 is 0 Å². The molecule has 0 aliphatic carbocycles. The summed E-state index contributed by atoms with van der Waals surface area (Å²) in [5.74, 6) is -0.494. The standard InChI is InChI=1S/C14H20F3N5O2/c1-8-5-18-3-4-21(8)10-6-24-7-11-12(10)13(14(15,16)17)20-22(11)19-9(2)23/h8,10,18H,3-7H2,1-2H3,(H,19,23). The summed E-state index contributed by atoms with van der Waals surface area (Å²) in [6, 6.07) is -0.464. The van der Waals surface area contributed by atoms with Gasteiger partial charge in [-0.2, -0.15) is 18.0 Å². The van der Waals surface area contributed by atoms with Crippen molar-refractivity contribution in [3.8, 4) is 0 Å². The van der Waals surface area contributed by atoms with Gasteiger partial charge < -0.3 is 10.1 Å². The number of carbonyl (C=O) groups is 1. The van der Waals surface area contributed by atoms with E-state index in [0.717, 1.165) is 4.79 Å². The minimum Gasteiger partial charge on any atom is -0.373 e. The number of piperazine rings is 1. The molecule has 0 aromatic carbocycles. The van der Waals surface area contributed by atoms with Gasteiger partial charge in [0.05, 0.1) is 24.9 Å². The van der Waals surface area contributed by atoms with Crippen LogP contribution in [0.2, 0.25) is 0 Å². The number of carbonyl (C=O) groups excluding carboxylic acids is 1. The molecule has 10 heteroatoms. The Balaban J connectivity index is 2.06. The first-order valence-electron chi connectivity index (χ1n) is 7.80. The van der Waals surface area contributed by atoms with Crippen molar-refractivity contribution in [1.29, 1.82) is 0 Å². The number of hydrogen-bond donors (Lipinski definition) is 2. The fourth-order valence-corrected chi connectivity index (χ4v) is 3.34. The Morgan fingerprint density at radius 2 is 2.21 bits per heavy atom. The van der Waals surface area contributed by atoms with E-state index in [1.54, 1.807) is 0 Å². The number of alkyl halides is 3. The lowest BCUT2D eigenvalue weighted by atomic mass is 9.98. The summed E-state index contributed by atoms with van der Waals surface area (Å²) in [6.07, 6.45) is -4.60. The molecule has 2 N–H and O–H groups in total. The van der Waals surface area contributed by atoms with Gasteiger partial charge in [0, 0.05) is 38.2 Å². The van der Waals surface area contributed by atoms with E-state index in [1.165, 1.54) is 6.92 Å². The quantitative estimate of drug-likeness (QED) is 0.830. The average molecular weight is 347 g/mol. The van der Waals surface area contributed by atoms with Gasteiger partial charge in [-0.1, -0.05) is 0 Å². The third-order valence-electron chi connectivity index (χ3n) is 4.35. The molecule has 0 saturated carbocycles. The van der Waals surface area contributed by atoms with Gasteiger partial charge >= 0.3 is 6.18 Å². The number of fused-ring (bicyclic) bond motifs is 1. The van der Waals surface area contributed by atoms with Crippen molar-refractivity contribution in [2.75, 3.05) is 31.7 Å². The fourth-order valence-electron chi connectivity index (χ4n) is 3.34. The summed E-state index contributed by atoms with van der Waals surface area (Å²) < 4.78 is 46.0. The Labute approximate surface area is 137 Å². The molecule has 1 saturated heterocycles. The summed E-state index contributed by atoms with van der Waals surface area (Å²) in [7, 11) is 0. The molecule has 134 valence electrons. The number of rotatable bonds is 2. The van der Waals surface area contributed by atoms with Crippen LogP contribution in [0, 0.1) is 0 Å². The van der Waals surface area contributed by atoms with Crippen molar-refractivity contribution in [2.24, 2.45) is 0 Å². The number of nitrogens with one attached hydrogen (secondary N) is 2. The van der Waals surface area contributed by atoms with Crippen molar-refractivity contribution in [2.45, 2.75) is 38.7 Å². The van der Waals surface area contributed by atoms with E-state index < -0.39 is 23.8 Å². The van der Waals surface area contributed by atoms with Gasteiger partial charge in [0.25, 0.3) is 0 Å². The second-order valence-electron chi connectivity index (χ2n) is 6.11. The van der Waals surface area contributed by atoms with E-state index in [-0.39, 0.29) is 30.5 Å². The van der Waals surface area contributed by atoms with Gasteiger partial charge in [0.15, 0.2) is 5.69 Å². The molecule has 7 nitrogen and oxygen atoms in total. The maximum absolute atomic E-state index is 13.5. The molecule has 0 spiro atoms. The normalized spacial score (nSPS) is 25.4. The number of nitrogens with zero attached hydrogens (tertiary/aromatic N) is 3. The van der Waals surface area contributed by atoms with Gasteiger partial charge in [-0.15, -0.1) is 5.10 Å². The fraction of sp³-hybridized carbons (Fsp3) is 0.714. The zero-order valence-corrected chi connectivity index (χ0v) is 13.5. The summed E-state index contributed by atoms with van der Waals surface area (Å²) in [5, 5.41) is 6.83. The van der Waals surface area contributed by atoms with E-state index in [2.05, 4.69) is 15.8 Å². The second kappa shape index (κ2) is 6.34. The van der Waals surface area contributed by atoms with Crippen molar-refractivity contribution in [3.05, 3.63) is 17.0 Å². The van der Waals surface area contributed by atoms with Gasteiger partial charge in [-0.3, -0.25) is 9.69 Å². The van der Waals surface area contributed by atoms with E-state index >= 15 is 0 Å². The minimum absolute atomic E-state index is 0.0182. The molecule has 0 radical (unpaired) electrons. The highest BCUT2D eigenvalue weighted by Crippen LogP contribution is 2.40. The zero-order valence-electron chi connectivity index (χ0n) is 13.5. The first kappa shape index (κ1) is 17.2. The molecule has 24 heavy (non-hydrogen) atoms. The highest BCUT2D eigenvalue weighted by molar-refractivity contribution is 5.80. The maximum atomic E-state index is 13.5. The molecule has 2 aliphatic heterocycles. The largest absolute Gasteiger partial charge is 0.435 e. The summed E-state index contributed by atoms with van der Waals surface area (Å²) in [6.45, 7) is 5.37. The maximum Gasteiger partial charge on any atom is 0.435 e. The van der Waals surface area contributed by atoms with E-state index in [0.29, 0.717) is 19.6 Å². The SMILES string of the molecule is CC(=O)Nn1nc(C(F)(F)F)c2c1COCC2N1CCNCC1C. The smallest absolute Gasteiger partial charge is 0.373 e. The molecule has 2 atom stereocenters. The summed E-state index contributed by atoms with van der Waals surface area (Å²) in [5.41, 5.74) is 1.72. The summed E-state index contributed by atoms with van der Waals surface area (Å²) >= 11 is 0. The number of hydrogen-bond acceptors (Lipinski definition) is 5. The molecule has 0 bridgehead atoms. The van der Waals surface area contributed by atoms with Crippen molar-refractivity contribution in [3.63, 3.8) is 0 Å². The van der Waals surface area contributed by atoms with Gasteiger partial charge in [-0.25, -0.2) is 5.43 Å². The molecule has 2 aliphatic rings. The molecular weight excluding hydrogens is 327 g/mol. The Bertz CT molecular complexity index is 631. The number of halogens is 3. The molecule has 1 aromatic heterocycles. The number of amides is 1. The third-order valence-corrected chi connectivity index (χ3v) is 4.35. The first-order valence-corrected chi connectivity index (χ1v) is 7.80. The Morgan fingerprint density at radius 3 is 2.83 bits per heavy atom. The van der Waals surface area contributed by atoms with E-state index in [1.807, 2.05) is 11.8 Å². The minimum atomic E-state index is -4.60. The van der Waals surface area contributed by atoms with Crippen LogP contribution in [-0.2, 0) is 22.3 Å². The van der Waals surface area contributed by atoms with Crippen LogP contribution in [0.5, 0.6) is 0 Å². The molecular formula is C14H20F3N5O2. The topological polar surface area (TPSA) is 71.4 Å².